The SMILES string of the molecule is COc1ccc(S(=O)(=O)Nc2ccc(C3(C(=O)NC4CCCCCC4)CC3)cc2)cc1OC. The molecule has 0 bridgehead atoms. The van der Waals surface area contributed by atoms with Gasteiger partial charge in [0.15, 0.2) is 11.5 Å². The average Bonchev–Trinajstić information content (AvgIpc) is 3.65. The van der Waals surface area contributed by atoms with Crippen molar-refractivity contribution >= 4 is 21.6 Å². The normalized spacial score (nSPS) is 18.1. The molecule has 2 aliphatic rings. The number of hydrogen-bond donors (Lipinski definition) is 2. The van der Waals surface area contributed by atoms with Gasteiger partial charge in [-0.15, -0.1) is 0 Å². The highest BCUT2D eigenvalue weighted by atomic mass is 32.2. The minimum Gasteiger partial charge on any atom is -0.493 e. The van der Waals surface area contributed by atoms with Crippen LogP contribution in [0.1, 0.15) is 56.9 Å². The van der Waals surface area contributed by atoms with Crippen molar-refractivity contribution in [2.45, 2.75) is 67.7 Å². The molecular formula is C25H32N2O5S. The number of methoxy groups -OCH3 is 2. The van der Waals surface area contributed by atoms with Gasteiger partial charge in [0, 0.05) is 17.8 Å². The summed E-state index contributed by atoms with van der Waals surface area (Å²) in [6, 6.07) is 11.9. The van der Waals surface area contributed by atoms with Crippen LogP contribution in [0.3, 0.4) is 0 Å². The maximum Gasteiger partial charge on any atom is 0.262 e. The van der Waals surface area contributed by atoms with E-state index in [0.717, 1.165) is 31.2 Å². The summed E-state index contributed by atoms with van der Waals surface area (Å²) in [5, 5.41) is 3.28. The zero-order chi connectivity index (χ0) is 23.5. The maximum atomic E-state index is 13.1. The van der Waals surface area contributed by atoms with Crippen molar-refractivity contribution in [1.82, 2.24) is 5.32 Å². The van der Waals surface area contributed by atoms with E-state index in [9.17, 15) is 13.2 Å². The van der Waals surface area contributed by atoms with Gasteiger partial charge in [0.2, 0.25) is 5.91 Å². The molecule has 2 saturated carbocycles. The van der Waals surface area contributed by atoms with Crippen LogP contribution >= 0.6 is 0 Å². The fourth-order valence-corrected chi connectivity index (χ4v) is 5.65. The zero-order valence-electron chi connectivity index (χ0n) is 19.2. The molecule has 2 aliphatic carbocycles. The molecule has 0 radical (unpaired) electrons. The van der Waals surface area contributed by atoms with Crippen LogP contribution in [0.15, 0.2) is 47.4 Å². The molecule has 2 aromatic carbocycles. The number of sulfonamides is 1. The van der Waals surface area contributed by atoms with Crippen molar-refractivity contribution in [2.75, 3.05) is 18.9 Å². The molecule has 178 valence electrons. The van der Waals surface area contributed by atoms with E-state index < -0.39 is 15.4 Å². The van der Waals surface area contributed by atoms with Gasteiger partial charge in [-0.1, -0.05) is 37.8 Å². The number of ether oxygens (including phenoxy) is 2. The van der Waals surface area contributed by atoms with Gasteiger partial charge >= 0.3 is 0 Å². The van der Waals surface area contributed by atoms with Gasteiger partial charge in [-0.3, -0.25) is 9.52 Å². The first-order valence-corrected chi connectivity index (χ1v) is 13.0. The molecule has 0 saturated heterocycles. The smallest absolute Gasteiger partial charge is 0.262 e. The molecule has 8 heteroatoms. The molecule has 0 aromatic heterocycles. The lowest BCUT2D eigenvalue weighted by atomic mass is 9.94. The van der Waals surface area contributed by atoms with Crippen LogP contribution in [0.4, 0.5) is 5.69 Å². The molecule has 2 fully saturated rings. The van der Waals surface area contributed by atoms with Crippen LogP contribution < -0.4 is 19.5 Å². The molecule has 4 rings (SSSR count). The number of carbonyl (C=O) groups excluding carboxylic acids is 1. The van der Waals surface area contributed by atoms with Gasteiger partial charge in [-0.05, 0) is 55.5 Å². The van der Waals surface area contributed by atoms with Gasteiger partial charge in [0.1, 0.15) is 0 Å². The Morgan fingerprint density at radius 3 is 2.12 bits per heavy atom. The average molecular weight is 473 g/mol. The first-order valence-electron chi connectivity index (χ1n) is 11.5. The quantitative estimate of drug-likeness (QED) is 0.556. The number of hydrogen-bond acceptors (Lipinski definition) is 5. The first kappa shape index (κ1) is 23.4. The number of rotatable bonds is 8. The molecule has 7 nitrogen and oxygen atoms in total. The largest absolute Gasteiger partial charge is 0.493 e. The van der Waals surface area contributed by atoms with Crippen LogP contribution in [-0.4, -0.2) is 34.6 Å². The summed E-state index contributed by atoms with van der Waals surface area (Å²) in [5.41, 5.74) is 0.892. The lowest BCUT2D eigenvalue weighted by molar-refractivity contribution is -0.124. The standard InChI is InChI=1S/C25H32N2O5S/c1-31-22-14-13-21(17-23(22)32-2)33(29,30)27-20-11-9-18(10-12-20)25(15-16-25)24(28)26-19-7-5-3-4-6-8-19/h9-14,17,19,27H,3-8,15-16H2,1-2H3,(H,26,28). The summed E-state index contributed by atoms with van der Waals surface area (Å²) in [4.78, 5) is 13.1. The van der Waals surface area contributed by atoms with Crippen molar-refractivity contribution in [1.29, 1.82) is 0 Å². The Bertz CT molecular complexity index is 1090. The number of carbonyl (C=O) groups is 1. The van der Waals surface area contributed by atoms with E-state index in [4.69, 9.17) is 9.47 Å². The summed E-state index contributed by atoms with van der Waals surface area (Å²) < 4.78 is 38.7. The van der Waals surface area contributed by atoms with E-state index in [2.05, 4.69) is 10.0 Å². The predicted octanol–water partition coefficient (Wildman–Crippen LogP) is 4.38. The molecule has 0 aliphatic heterocycles. The van der Waals surface area contributed by atoms with Crippen molar-refractivity contribution in [3.8, 4) is 11.5 Å². The molecule has 0 unspecified atom stereocenters. The minimum atomic E-state index is -3.81. The van der Waals surface area contributed by atoms with Crippen LogP contribution in [0, 0.1) is 0 Å². The van der Waals surface area contributed by atoms with E-state index in [-0.39, 0.29) is 16.8 Å². The topological polar surface area (TPSA) is 93.7 Å². The van der Waals surface area contributed by atoms with E-state index in [1.54, 1.807) is 18.2 Å². The number of benzene rings is 2. The lowest BCUT2D eigenvalue weighted by Crippen LogP contribution is -2.41. The third kappa shape index (κ3) is 5.11. The minimum absolute atomic E-state index is 0.0747. The third-order valence-corrected chi connectivity index (χ3v) is 8.11. The van der Waals surface area contributed by atoms with Crippen molar-refractivity contribution in [3.63, 3.8) is 0 Å². The van der Waals surface area contributed by atoms with E-state index in [0.29, 0.717) is 17.2 Å². The molecule has 0 spiro atoms. The van der Waals surface area contributed by atoms with Crippen LogP contribution in [-0.2, 0) is 20.2 Å². The second-order valence-electron chi connectivity index (χ2n) is 8.94. The summed E-state index contributed by atoms with van der Waals surface area (Å²) in [6.45, 7) is 0. The molecular weight excluding hydrogens is 440 g/mol. The molecule has 2 aromatic rings. The monoisotopic (exact) mass is 472 g/mol. The van der Waals surface area contributed by atoms with Crippen LogP contribution in [0.2, 0.25) is 0 Å². The second kappa shape index (κ2) is 9.63. The Labute approximate surface area is 195 Å². The number of nitrogens with one attached hydrogen (secondary N) is 2. The van der Waals surface area contributed by atoms with Crippen molar-refractivity contribution in [3.05, 3.63) is 48.0 Å². The Morgan fingerprint density at radius 2 is 1.55 bits per heavy atom. The Hall–Kier alpha value is -2.74. The maximum absolute atomic E-state index is 13.1. The molecule has 0 atom stereocenters. The van der Waals surface area contributed by atoms with Crippen LogP contribution in [0.5, 0.6) is 11.5 Å². The van der Waals surface area contributed by atoms with E-state index in [1.807, 2.05) is 12.1 Å². The molecule has 2 N–H and O–H groups in total. The lowest BCUT2D eigenvalue weighted by Gasteiger charge is -2.22. The Balaban J connectivity index is 1.45. The first-order chi connectivity index (χ1) is 15.9. The zero-order valence-corrected chi connectivity index (χ0v) is 20.0. The van der Waals surface area contributed by atoms with Gasteiger partial charge < -0.3 is 14.8 Å². The van der Waals surface area contributed by atoms with Crippen molar-refractivity contribution < 1.29 is 22.7 Å². The number of anilines is 1. The molecule has 33 heavy (non-hydrogen) atoms. The van der Waals surface area contributed by atoms with Gasteiger partial charge in [-0.2, -0.15) is 0 Å². The highest BCUT2D eigenvalue weighted by Gasteiger charge is 2.51. The van der Waals surface area contributed by atoms with Gasteiger partial charge in [0.25, 0.3) is 10.0 Å². The summed E-state index contributed by atoms with van der Waals surface area (Å²) in [5.74, 6) is 0.900. The summed E-state index contributed by atoms with van der Waals surface area (Å²) >= 11 is 0. The number of amides is 1. The van der Waals surface area contributed by atoms with Crippen molar-refractivity contribution in [2.24, 2.45) is 0 Å². The second-order valence-corrected chi connectivity index (χ2v) is 10.6. The summed E-state index contributed by atoms with van der Waals surface area (Å²) in [6.07, 6.45) is 8.60. The van der Waals surface area contributed by atoms with E-state index in [1.165, 1.54) is 52.0 Å². The Morgan fingerprint density at radius 1 is 0.909 bits per heavy atom. The summed E-state index contributed by atoms with van der Waals surface area (Å²) in [7, 11) is -0.854. The van der Waals surface area contributed by atoms with Gasteiger partial charge in [-0.25, -0.2) is 8.42 Å². The molecule has 0 heterocycles. The highest BCUT2D eigenvalue weighted by Crippen LogP contribution is 2.49. The fourth-order valence-electron chi connectivity index (χ4n) is 4.57. The van der Waals surface area contributed by atoms with E-state index >= 15 is 0 Å². The van der Waals surface area contributed by atoms with Crippen LogP contribution in [0.25, 0.3) is 0 Å². The molecule has 1 amide bonds. The van der Waals surface area contributed by atoms with Gasteiger partial charge in [0.05, 0.1) is 24.5 Å². The fraction of sp³-hybridized carbons (Fsp3) is 0.480. The third-order valence-electron chi connectivity index (χ3n) is 6.73. The highest BCUT2D eigenvalue weighted by molar-refractivity contribution is 7.92. The Kier molecular flexibility index (Phi) is 6.83. The predicted molar refractivity (Wildman–Crippen MR) is 127 cm³/mol.